The number of hydrogen-bond acceptors (Lipinski definition) is 3. The molecule has 3 rings (SSSR count). The third kappa shape index (κ3) is 2.32. The van der Waals surface area contributed by atoms with Gasteiger partial charge in [0.25, 0.3) is 0 Å². The summed E-state index contributed by atoms with van der Waals surface area (Å²) in [6.07, 6.45) is 2.87. The van der Waals surface area contributed by atoms with Gasteiger partial charge in [-0.2, -0.15) is 0 Å². The Bertz CT molecular complexity index is 455. The summed E-state index contributed by atoms with van der Waals surface area (Å²) in [4.78, 5) is 13.4. The van der Waals surface area contributed by atoms with Crippen LogP contribution in [0.25, 0.3) is 0 Å². The molecule has 1 amide bonds. The molecular weight excluding hydrogens is 258 g/mol. The average molecular weight is 279 g/mol. The van der Waals surface area contributed by atoms with E-state index in [0.29, 0.717) is 18.4 Å². The lowest BCUT2D eigenvalue weighted by Crippen LogP contribution is -2.66. The highest BCUT2D eigenvalue weighted by molar-refractivity contribution is 7.09. The fourth-order valence-electron chi connectivity index (χ4n) is 3.55. The lowest BCUT2D eigenvalue weighted by atomic mass is 9.57. The molecule has 2 heterocycles. The zero-order valence-electron chi connectivity index (χ0n) is 11.5. The molecule has 0 radical (unpaired) electrons. The summed E-state index contributed by atoms with van der Waals surface area (Å²) in [6.45, 7) is 5.24. The number of amides is 1. The van der Waals surface area contributed by atoms with Gasteiger partial charge in [-0.3, -0.25) is 4.79 Å². The molecule has 19 heavy (non-hydrogen) atoms. The second-order valence-electron chi connectivity index (χ2n) is 6.19. The number of thiophene rings is 1. The van der Waals surface area contributed by atoms with Gasteiger partial charge < -0.3 is 10.1 Å². The summed E-state index contributed by atoms with van der Waals surface area (Å²) >= 11 is 1.72. The van der Waals surface area contributed by atoms with Crippen LogP contribution in [0.3, 0.4) is 0 Å². The van der Waals surface area contributed by atoms with Gasteiger partial charge in [0.05, 0.1) is 6.10 Å². The van der Waals surface area contributed by atoms with Crippen LogP contribution in [0.4, 0.5) is 0 Å². The largest absolute Gasteiger partial charge is 0.377 e. The molecule has 2 fully saturated rings. The van der Waals surface area contributed by atoms with Crippen LogP contribution >= 0.6 is 11.3 Å². The number of carbonyl (C=O) groups is 1. The van der Waals surface area contributed by atoms with Crippen molar-refractivity contribution in [2.45, 2.75) is 45.3 Å². The molecule has 3 unspecified atom stereocenters. The van der Waals surface area contributed by atoms with Gasteiger partial charge in [-0.1, -0.05) is 19.9 Å². The smallest absolute Gasteiger partial charge is 0.220 e. The highest BCUT2D eigenvalue weighted by atomic mass is 32.1. The van der Waals surface area contributed by atoms with Crippen molar-refractivity contribution in [3.63, 3.8) is 0 Å². The van der Waals surface area contributed by atoms with E-state index in [-0.39, 0.29) is 17.4 Å². The lowest BCUT2D eigenvalue weighted by Gasteiger charge is -2.54. The number of carbonyl (C=O) groups excluding carboxylic acids is 1. The highest BCUT2D eigenvalue weighted by Crippen LogP contribution is 2.52. The Morgan fingerprint density at radius 1 is 1.58 bits per heavy atom. The molecule has 2 aliphatic rings. The van der Waals surface area contributed by atoms with Gasteiger partial charge in [0, 0.05) is 35.3 Å². The van der Waals surface area contributed by atoms with E-state index in [1.807, 2.05) is 6.07 Å². The molecule has 1 aliphatic heterocycles. The third-order valence-electron chi connectivity index (χ3n) is 4.60. The first-order valence-corrected chi connectivity index (χ1v) is 7.90. The summed E-state index contributed by atoms with van der Waals surface area (Å²) in [5, 5.41) is 5.28. The van der Waals surface area contributed by atoms with E-state index in [4.69, 9.17) is 4.74 Å². The maximum absolute atomic E-state index is 12.1. The summed E-state index contributed by atoms with van der Waals surface area (Å²) in [5.74, 6) is 0.706. The minimum absolute atomic E-state index is 0.0831. The predicted molar refractivity (Wildman–Crippen MR) is 76.2 cm³/mol. The van der Waals surface area contributed by atoms with Crippen molar-refractivity contribution < 1.29 is 9.53 Å². The van der Waals surface area contributed by atoms with Gasteiger partial charge in [-0.15, -0.1) is 11.3 Å². The van der Waals surface area contributed by atoms with Crippen LogP contribution in [-0.2, 0) is 16.0 Å². The minimum atomic E-state index is 0.0831. The van der Waals surface area contributed by atoms with E-state index < -0.39 is 0 Å². The molecule has 0 aromatic carbocycles. The van der Waals surface area contributed by atoms with Crippen LogP contribution in [0, 0.1) is 11.3 Å². The molecular formula is C15H21NO2S. The first kappa shape index (κ1) is 13.1. The van der Waals surface area contributed by atoms with Crippen LogP contribution in [0.2, 0.25) is 0 Å². The molecule has 1 aromatic rings. The van der Waals surface area contributed by atoms with Crippen LogP contribution in [0.5, 0.6) is 0 Å². The second-order valence-corrected chi connectivity index (χ2v) is 7.22. The molecule has 3 atom stereocenters. The summed E-state index contributed by atoms with van der Waals surface area (Å²) in [6, 6.07) is 4.41. The van der Waals surface area contributed by atoms with Gasteiger partial charge in [0.1, 0.15) is 0 Å². The Morgan fingerprint density at radius 3 is 3.16 bits per heavy atom. The second kappa shape index (κ2) is 4.91. The number of aryl methyl sites for hydroxylation is 1. The molecule has 0 bridgehead atoms. The van der Waals surface area contributed by atoms with Gasteiger partial charge in [0.2, 0.25) is 5.91 Å². The Morgan fingerprint density at radius 2 is 2.42 bits per heavy atom. The van der Waals surface area contributed by atoms with Crippen LogP contribution < -0.4 is 5.32 Å². The van der Waals surface area contributed by atoms with Gasteiger partial charge in [0.15, 0.2) is 0 Å². The summed E-state index contributed by atoms with van der Waals surface area (Å²) in [5.41, 5.74) is 0.0831. The van der Waals surface area contributed by atoms with E-state index >= 15 is 0 Å². The van der Waals surface area contributed by atoms with E-state index in [2.05, 4.69) is 30.6 Å². The lowest BCUT2D eigenvalue weighted by molar-refractivity contribution is -0.137. The number of ether oxygens (including phenoxy) is 1. The topological polar surface area (TPSA) is 38.3 Å². The maximum Gasteiger partial charge on any atom is 0.220 e. The van der Waals surface area contributed by atoms with Crippen LogP contribution in [-0.4, -0.2) is 24.7 Å². The molecule has 1 aliphatic carbocycles. The Hall–Kier alpha value is -0.870. The molecule has 3 nitrogen and oxygen atoms in total. The fourth-order valence-corrected chi connectivity index (χ4v) is 4.26. The number of hydrogen-bond donors (Lipinski definition) is 1. The number of nitrogens with one attached hydrogen (secondary N) is 1. The van der Waals surface area contributed by atoms with Gasteiger partial charge in [-0.25, -0.2) is 0 Å². The molecule has 104 valence electrons. The standard InChI is InChI=1S/C15H21NO2S/c1-15(2)13(11-7-8-18-14(11)15)16-12(17)6-5-10-4-3-9-19-10/h3-4,9,11,13-14H,5-8H2,1-2H3,(H,16,17). The maximum atomic E-state index is 12.1. The van der Waals surface area contributed by atoms with Crippen molar-refractivity contribution in [3.8, 4) is 0 Å². The first-order chi connectivity index (χ1) is 9.09. The minimum Gasteiger partial charge on any atom is -0.377 e. The van der Waals surface area contributed by atoms with Crippen LogP contribution in [0.15, 0.2) is 17.5 Å². The van der Waals surface area contributed by atoms with Crippen molar-refractivity contribution in [2.75, 3.05) is 6.61 Å². The van der Waals surface area contributed by atoms with Crippen molar-refractivity contribution in [1.29, 1.82) is 0 Å². The molecule has 1 saturated carbocycles. The van der Waals surface area contributed by atoms with Gasteiger partial charge in [-0.05, 0) is 24.3 Å². The zero-order chi connectivity index (χ0) is 13.5. The molecule has 4 heteroatoms. The normalized spacial score (nSPS) is 31.6. The Balaban J connectivity index is 1.52. The molecule has 1 N–H and O–H groups in total. The summed E-state index contributed by atoms with van der Waals surface area (Å²) in [7, 11) is 0. The van der Waals surface area contributed by atoms with Crippen LogP contribution in [0.1, 0.15) is 31.6 Å². The quantitative estimate of drug-likeness (QED) is 0.920. The number of fused-ring (bicyclic) bond motifs is 1. The molecule has 1 aromatic heterocycles. The Kier molecular flexibility index (Phi) is 3.39. The fraction of sp³-hybridized carbons (Fsp3) is 0.667. The Labute approximate surface area is 118 Å². The van der Waals surface area contributed by atoms with Crippen molar-refractivity contribution in [2.24, 2.45) is 11.3 Å². The van der Waals surface area contributed by atoms with E-state index in [9.17, 15) is 4.79 Å². The third-order valence-corrected chi connectivity index (χ3v) is 5.53. The highest BCUT2D eigenvalue weighted by Gasteiger charge is 2.59. The van der Waals surface area contributed by atoms with Crippen molar-refractivity contribution in [3.05, 3.63) is 22.4 Å². The SMILES string of the molecule is CC1(C)C(NC(=O)CCc2cccs2)C2CCOC21. The van der Waals surface area contributed by atoms with Gasteiger partial charge >= 0.3 is 0 Å². The molecule has 0 spiro atoms. The monoisotopic (exact) mass is 279 g/mol. The van der Waals surface area contributed by atoms with E-state index in [0.717, 1.165) is 19.4 Å². The number of rotatable bonds is 4. The predicted octanol–water partition coefficient (Wildman–Crippen LogP) is 2.61. The first-order valence-electron chi connectivity index (χ1n) is 7.02. The van der Waals surface area contributed by atoms with E-state index in [1.54, 1.807) is 11.3 Å². The average Bonchev–Trinajstić information content (AvgIpc) is 3.03. The summed E-state index contributed by atoms with van der Waals surface area (Å²) < 4.78 is 5.75. The van der Waals surface area contributed by atoms with Crippen molar-refractivity contribution >= 4 is 17.2 Å². The molecule has 1 saturated heterocycles. The zero-order valence-corrected chi connectivity index (χ0v) is 12.3. The van der Waals surface area contributed by atoms with Crippen molar-refractivity contribution in [1.82, 2.24) is 5.32 Å². The van der Waals surface area contributed by atoms with E-state index in [1.165, 1.54) is 4.88 Å².